The van der Waals surface area contributed by atoms with Crippen molar-refractivity contribution in [1.82, 2.24) is 30.6 Å². The Bertz CT molecular complexity index is 586. The molecule has 0 atom stereocenters. The van der Waals surface area contributed by atoms with Crippen molar-refractivity contribution in [2.24, 2.45) is 0 Å². The van der Waals surface area contributed by atoms with Crippen LogP contribution in [0.1, 0.15) is 41.0 Å². The SMILES string of the molecule is CNC(=O)c1noc(CN2CCC(c3ccn[nH]3)CC2)n1. The molecule has 8 nitrogen and oxygen atoms in total. The van der Waals surface area contributed by atoms with Crippen molar-refractivity contribution < 1.29 is 9.32 Å². The molecular formula is C13H18N6O2. The van der Waals surface area contributed by atoms with Gasteiger partial charge in [-0.25, -0.2) is 0 Å². The van der Waals surface area contributed by atoms with Crippen LogP contribution < -0.4 is 5.32 Å². The lowest BCUT2D eigenvalue weighted by Gasteiger charge is -2.30. The molecule has 1 aliphatic rings. The summed E-state index contributed by atoms with van der Waals surface area (Å²) in [6, 6.07) is 2.04. The molecule has 3 heterocycles. The summed E-state index contributed by atoms with van der Waals surface area (Å²) < 4.78 is 5.11. The minimum absolute atomic E-state index is 0.0832. The van der Waals surface area contributed by atoms with E-state index in [4.69, 9.17) is 4.52 Å². The minimum Gasteiger partial charge on any atom is -0.352 e. The van der Waals surface area contributed by atoms with Gasteiger partial charge >= 0.3 is 0 Å². The largest absolute Gasteiger partial charge is 0.352 e. The van der Waals surface area contributed by atoms with Crippen LogP contribution in [0.25, 0.3) is 0 Å². The molecule has 0 unspecified atom stereocenters. The molecule has 0 aromatic carbocycles. The molecule has 2 aromatic rings. The third-order valence-corrected chi connectivity index (χ3v) is 3.81. The highest BCUT2D eigenvalue weighted by atomic mass is 16.5. The van der Waals surface area contributed by atoms with E-state index in [9.17, 15) is 4.79 Å². The van der Waals surface area contributed by atoms with E-state index in [2.05, 4.69) is 30.6 Å². The van der Waals surface area contributed by atoms with E-state index in [0.29, 0.717) is 18.4 Å². The number of rotatable bonds is 4. The van der Waals surface area contributed by atoms with Crippen molar-refractivity contribution in [1.29, 1.82) is 0 Å². The number of aromatic nitrogens is 4. The van der Waals surface area contributed by atoms with E-state index in [1.807, 2.05) is 6.07 Å². The van der Waals surface area contributed by atoms with Gasteiger partial charge in [0, 0.05) is 24.9 Å². The van der Waals surface area contributed by atoms with Crippen LogP contribution in [0, 0.1) is 0 Å². The highest BCUT2D eigenvalue weighted by Gasteiger charge is 2.23. The number of H-pyrrole nitrogens is 1. The zero-order chi connectivity index (χ0) is 14.7. The number of hydrogen-bond donors (Lipinski definition) is 2. The molecule has 0 aliphatic carbocycles. The smallest absolute Gasteiger partial charge is 0.292 e. The molecule has 1 fully saturated rings. The van der Waals surface area contributed by atoms with Crippen molar-refractivity contribution in [2.45, 2.75) is 25.3 Å². The average Bonchev–Trinajstić information content (AvgIpc) is 3.18. The second-order valence-corrected chi connectivity index (χ2v) is 5.15. The highest BCUT2D eigenvalue weighted by molar-refractivity contribution is 5.89. The average molecular weight is 290 g/mol. The van der Waals surface area contributed by atoms with Gasteiger partial charge in [0.1, 0.15) is 0 Å². The first-order valence-corrected chi connectivity index (χ1v) is 7.02. The maximum atomic E-state index is 11.4. The first-order chi connectivity index (χ1) is 10.3. The van der Waals surface area contributed by atoms with Crippen molar-refractivity contribution in [3.63, 3.8) is 0 Å². The quantitative estimate of drug-likeness (QED) is 0.852. The molecule has 21 heavy (non-hydrogen) atoms. The molecule has 112 valence electrons. The van der Waals surface area contributed by atoms with Crippen LogP contribution in [0.3, 0.4) is 0 Å². The second-order valence-electron chi connectivity index (χ2n) is 5.15. The summed E-state index contributed by atoms with van der Waals surface area (Å²) in [5, 5.41) is 13.2. The lowest BCUT2D eigenvalue weighted by atomic mass is 9.94. The van der Waals surface area contributed by atoms with Crippen molar-refractivity contribution in [3.8, 4) is 0 Å². The molecule has 0 bridgehead atoms. The number of nitrogens with one attached hydrogen (secondary N) is 2. The number of carbonyl (C=O) groups excluding carboxylic acids is 1. The Morgan fingerprint density at radius 2 is 2.33 bits per heavy atom. The lowest BCUT2D eigenvalue weighted by Crippen LogP contribution is -2.32. The number of hydrogen-bond acceptors (Lipinski definition) is 6. The Balaban J connectivity index is 1.53. The summed E-state index contributed by atoms with van der Waals surface area (Å²) in [6.45, 7) is 2.50. The molecule has 1 aliphatic heterocycles. The number of aromatic amines is 1. The number of carbonyl (C=O) groups is 1. The van der Waals surface area contributed by atoms with Crippen molar-refractivity contribution >= 4 is 5.91 Å². The number of piperidine rings is 1. The molecule has 8 heteroatoms. The van der Waals surface area contributed by atoms with Crippen LogP contribution in [0.4, 0.5) is 0 Å². The number of nitrogens with zero attached hydrogens (tertiary/aromatic N) is 4. The monoisotopic (exact) mass is 290 g/mol. The molecule has 1 saturated heterocycles. The Labute approximate surface area is 121 Å². The number of likely N-dealkylation sites (tertiary alicyclic amines) is 1. The number of amides is 1. The van der Waals surface area contributed by atoms with E-state index in [1.54, 1.807) is 13.2 Å². The normalized spacial score (nSPS) is 17.0. The van der Waals surface area contributed by atoms with Crippen LogP contribution in [-0.4, -0.2) is 51.3 Å². The fourth-order valence-electron chi connectivity index (χ4n) is 2.61. The van der Waals surface area contributed by atoms with E-state index in [1.165, 1.54) is 5.69 Å². The highest BCUT2D eigenvalue weighted by Crippen LogP contribution is 2.26. The Kier molecular flexibility index (Phi) is 3.96. The van der Waals surface area contributed by atoms with E-state index in [-0.39, 0.29) is 11.7 Å². The van der Waals surface area contributed by atoms with E-state index in [0.717, 1.165) is 25.9 Å². The fourth-order valence-corrected chi connectivity index (χ4v) is 2.61. The van der Waals surface area contributed by atoms with Crippen molar-refractivity contribution in [3.05, 3.63) is 29.7 Å². The third kappa shape index (κ3) is 3.10. The summed E-state index contributed by atoms with van der Waals surface area (Å²) in [7, 11) is 1.54. The molecule has 1 amide bonds. The zero-order valence-corrected chi connectivity index (χ0v) is 11.9. The predicted octanol–water partition coefficient (Wildman–Crippen LogP) is 0.532. The molecule has 2 aromatic heterocycles. The van der Waals surface area contributed by atoms with Crippen LogP contribution in [0.2, 0.25) is 0 Å². The molecular weight excluding hydrogens is 272 g/mol. The topological polar surface area (TPSA) is 99.9 Å². The van der Waals surface area contributed by atoms with Crippen LogP contribution in [0.5, 0.6) is 0 Å². The Hall–Kier alpha value is -2.22. The Morgan fingerprint density at radius 1 is 1.52 bits per heavy atom. The van der Waals surface area contributed by atoms with Crippen molar-refractivity contribution in [2.75, 3.05) is 20.1 Å². The van der Waals surface area contributed by atoms with Gasteiger partial charge in [0.25, 0.3) is 11.7 Å². The zero-order valence-electron chi connectivity index (χ0n) is 11.9. The summed E-state index contributed by atoms with van der Waals surface area (Å²) in [5.74, 6) is 0.768. The van der Waals surface area contributed by atoms with Gasteiger partial charge in [-0.3, -0.25) is 14.8 Å². The van der Waals surface area contributed by atoms with Gasteiger partial charge in [-0.2, -0.15) is 10.1 Å². The van der Waals surface area contributed by atoms with Crippen LogP contribution in [0.15, 0.2) is 16.8 Å². The molecule has 0 radical (unpaired) electrons. The molecule has 0 saturated carbocycles. The second kappa shape index (κ2) is 6.04. The van der Waals surface area contributed by atoms with Gasteiger partial charge in [-0.1, -0.05) is 5.16 Å². The maximum absolute atomic E-state index is 11.4. The summed E-state index contributed by atoms with van der Waals surface area (Å²) in [6.07, 6.45) is 3.93. The molecule has 0 spiro atoms. The van der Waals surface area contributed by atoms with E-state index < -0.39 is 0 Å². The third-order valence-electron chi connectivity index (χ3n) is 3.81. The minimum atomic E-state index is -0.331. The first-order valence-electron chi connectivity index (χ1n) is 7.02. The van der Waals surface area contributed by atoms with Gasteiger partial charge in [0.15, 0.2) is 0 Å². The molecule has 2 N–H and O–H groups in total. The summed E-state index contributed by atoms with van der Waals surface area (Å²) >= 11 is 0. The van der Waals surface area contributed by atoms with Crippen LogP contribution >= 0.6 is 0 Å². The van der Waals surface area contributed by atoms with Gasteiger partial charge in [0.05, 0.1) is 6.54 Å². The predicted molar refractivity (Wildman–Crippen MR) is 73.5 cm³/mol. The lowest BCUT2D eigenvalue weighted by molar-refractivity contribution is 0.0950. The van der Waals surface area contributed by atoms with Gasteiger partial charge in [0.2, 0.25) is 5.89 Å². The summed E-state index contributed by atoms with van der Waals surface area (Å²) in [4.78, 5) is 17.7. The first kappa shape index (κ1) is 13.7. The van der Waals surface area contributed by atoms with Gasteiger partial charge in [-0.15, -0.1) is 0 Å². The fraction of sp³-hybridized carbons (Fsp3) is 0.538. The van der Waals surface area contributed by atoms with E-state index >= 15 is 0 Å². The van der Waals surface area contributed by atoms with Gasteiger partial charge in [-0.05, 0) is 32.0 Å². The standard InChI is InChI=1S/C13H18N6O2/c1-14-13(20)12-16-11(21-18-12)8-19-6-3-9(4-7-19)10-2-5-15-17-10/h2,5,9H,3-4,6-8H2,1H3,(H,14,20)(H,15,17). The summed E-state index contributed by atoms with van der Waals surface area (Å²) in [5.41, 5.74) is 1.20. The maximum Gasteiger partial charge on any atom is 0.292 e. The van der Waals surface area contributed by atoms with Crippen LogP contribution in [-0.2, 0) is 6.54 Å². The Morgan fingerprint density at radius 3 is 3.00 bits per heavy atom. The van der Waals surface area contributed by atoms with Gasteiger partial charge < -0.3 is 9.84 Å². The molecule has 3 rings (SSSR count).